The highest BCUT2D eigenvalue weighted by Crippen LogP contribution is 2.25. The Balaban J connectivity index is 1.42. The van der Waals surface area contributed by atoms with Gasteiger partial charge in [-0.1, -0.05) is 60.7 Å². The van der Waals surface area contributed by atoms with Gasteiger partial charge in [0.1, 0.15) is 18.5 Å². The van der Waals surface area contributed by atoms with Crippen molar-refractivity contribution in [2.75, 3.05) is 6.61 Å². The minimum atomic E-state index is -1.06. The lowest BCUT2D eigenvalue weighted by atomic mass is 9.97. The van der Waals surface area contributed by atoms with Crippen LogP contribution in [0, 0.1) is 5.92 Å². The van der Waals surface area contributed by atoms with E-state index in [1.807, 2.05) is 65.2 Å². The van der Waals surface area contributed by atoms with Crippen LogP contribution in [0.25, 0.3) is 0 Å². The Morgan fingerprint density at radius 2 is 1.69 bits per heavy atom. The molecule has 0 aliphatic carbocycles. The normalized spacial score (nSPS) is 16.1. The molecule has 0 fully saturated rings. The van der Waals surface area contributed by atoms with Crippen molar-refractivity contribution in [3.63, 3.8) is 0 Å². The van der Waals surface area contributed by atoms with Crippen LogP contribution in [0.15, 0.2) is 60.7 Å². The first-order valence-corrected chi connectivity index (χ1v) is 12.2. The van der Waals surface area contributed by atoms with E-state index in [4.69, 9.17) is 15.2 Å². The summed E-state index contributed by atoms with van der Waals surface area (Å²) in [6.45, 7) is 4.69. The molecule has 4 rings (SSSR count). The van der Waals surface area contributed by atoms with Gasteiger partial charge in [-0.3, -0.25) is 9.59 Å². The van der Waals surface area contributed by atoms with Crippen LogP contribution in [0.3, 0.4) is 0 Å². The van der Waals surface area contributed by atoms with Gasteiger partial charge in [-0.2, -0.15) is 0 Å². The topological polar surface area (TPSA) is 121 Å². The second kappa shape index (κ2) is 11.5. The maximum absolute atomic E-state index is 12.7. The van der Waals surface area contributed by atoms with Gasteiger partial charge in [0, 0.05) is 13.0 Å². The van der Waals surface area contributed by atoms with Crippen molar-refractivity contribution in [3.8, 4) is 0 Å². The summed E-state index contributed by atoms with van der Waals surface area (Å²) in [6.07, 6.45) is 1.02. The first kappa shape index (κ1) is 25.5. The number of rotatable bonds is 10. The number of hydrogen-bond donors (Lipinski definition) is 2. The maximum Gasteiger partial charge on any atom is 0.309 e. The number of benzene rings is 2. The summed E-state index contributed by atoms with van der Waals surface area (Å²) in [7, 11) is 0. The van der Waals surface area contributed by atoms with Crippen molar-refractivity contribution in [2.45, 2.75) is 58.0 Å². The minimum Gasteiger partial charge on any atom is -0.461 e. The molecule has 2 aromatic carbocycles. The summed E-state index contributed by atoms with van der Waals surface area (Å²) < 4.78 is 13.4. The van der Waals surface area contributed by atoms with E-state index < -0.39 is 11.6 Å². The minimum absolute atomic E-state index is 0.206. The molecule has 1 aliphatic rings. The number of ether oxygens (including phenoxy) is 2. The van der Waals surface area contributed by atoms with Crippen molar-refractivity contribution in [2.24, 2.45) is 11.7 Å². The zero-order valence-corrected chi connectivity index (χ0v) is 20.7. The Bertz CT molecular complexity index is 1160. The predicted molar refractivity (Wildman–Crippen MR) is 133 cm³/mol. The van der Waals surface area contributed by atoms with Crippen LogP contribution in [-0.4, -0.2) is 38.8 Å². The maximum atomic E-state index is 12.7. The Kier molecular flexibility index (Phi) is 8.12. The van der Waals surface area contributed by atoms with Crippen LogP contribution in [-0.2, 0) is 45.2 Å². The van der Waals surface area contributed by atoms with Crippen LogP contribution in [0.4, 0.5) is 0 Å². The van der Waals surface area contributed by atoms with Crippen LogP contribution >= 0.6 is 0 Å². The van der Waals surface area contributed by atoms with Crippen LogP contribution in [0.1, 0.15) is 49.1 Å². The van der Waals surface area contributed by atoms with Gasteiger partial charge in [-0.25, -0.2) is 0 Å². The van der Waals surface area contributed by atoms with Crippen molar-refractivity contribution in [1.29, 1.82) is 0 Å². The number of amides is 1. The monoisotopic (exact) mass is 491 g/mol. The van der Waals surface area contributed by atoms with Gasteiger partial charge in [0.05, 0.1) is 24.7 Å². The molecule has 2 atom stereocenters. The molecular formula is C27H33N5O4. The molecule has 9 heteroatoms. The summed E-state index contributed by atoms with van der Waals surface area (Å²) in [5, 5.41) is 11.7. The average Bonchev–Trinajstić information content (AvgIpc) is 3.30. The molecule has 0 radical (unpaired) electrons. The Hall–Kier alpha value is -3.56. The summed E-state index contributed by atoms with van der Waals surface area (Å²) in [5.41, 5.74) is 6.93. The van der Waals surface area contributed by atoms with Gasteiger partial charge in [-0.15, -0.1) is 10.2 Å². The first-order chi connectivity index (χ1) is 17.3. The predicted octanol–water partition coefficient (Wildman–Crippen LogP) is 2.70. The molecule has 1 aromatic heterocycles. The lowest BCUT2D eigenvalue weighted by Gasteiger charge is -2.27. The number of nitrogens with zero attached hydrogens (tertiary/aromatic N) is 3. The summed E-state index contributed by atoms with van der Waals surface area (Å²) >= 11 is 0. The molecule has 1 aliphatic heterocycles. The van der Waals surface area contributed by atoms with E-state index in [1.165, 1.54) is 0 Å². The molecule has 36 heavy (non-hydrogen) atoms. The lowest BCUT2D eigenvalue weighted by molar-refractivity contribution is -0.150. The van der Waals surface area contributed by atoms with E-state index in [9.17, 15) is 9.59 Å². The van der Waals surface area contributed by atoms with E-state index in [2.05, 4.69) is 15.5 Å². The van der Waals surface area contributed by atoms with Crippen LogP contribution < -0.4 is 11.1 Å². The number of fused-ring (bicyclic) bond motifs is 1. The van der Waals surface area contributed by atoms with Crippen LogP contribution in [0.5, 0.6) is 0 Å². The first-order valence-electron chi connectivity index (χ1n) is 12.2. The standard InChI is InChI=1S/C27H33N5O4/c1-27(2,28)26(34)29-22(18-35-16-19-9-5-3-6-10-19)24-31-30-23-15-21(13-14-32(23)24)25(33)36-17-20-11-7-4-8-12-20/h3-12,21-22H,13-18,28H2,1-2H3,(H,29,34)/t21?,22-/m1/s1. The third kappa shape index (κ3) is 6.56. The Morgan fingerprint density at radius 3 is 2.33 bits per heavy atom. The third-order valence-electron chi connectivity index (χ3n) is 6.14. The largest absolute Gasteiger partial charge is 0.461 e. The van der Waals surface area contributed by atoms with E-state index in [0.717, 1.165) is 11.1 Å². The molecule has 3 N–H and O–H groups in total. The SMILES string of the molecule is CC(C)(N)C(=O)N[C@H](COCc1ccccc1)c1nnc2n1CCC(C(=O)OCc1ccccc1)C2. The number of nitrogens with one attached hydrogen (secondary N) is 1. The molecule has 0 saturated carbocycles. The number of aromatic nitrogens is 3. The second-order valence-electron chi connectivity index (χ2n) is 9.66. The fourth-order valence-electron chi connectivity index (χ4n) is 4.05. The highest BCUT2D eigenvalue weighted by molar-refractivity contribution is 5.85. The fraction of sp³-hybridized carbons (Fsp3) is 0.407. The highest BCUT2D eigenvalue weighted by atomic mass is 16.5. The number of hydrogen-bond acceptors (Lipinski definition) is 7. The quantitative estimate of drug-likeness (QED) is 0.418. The smallest absolute Gasteiger partial charge is 0.309 e. The Morgan fingerprint density at radius 1 is 1.06 bits per heavy atom. The Labute approximate surface area is 211 Å². The van der Waals surface area contributed by atoms with E-state index in [0.29, 0.717) is 37.6 Å². The fourth-order valence-corrected chi connectivity index (χ4v) is 4.05. The highest BCUT2D eigenvalue weighted by Gasteiger charge is 2.33. The van der Waals surface area contributed by atoms with Gasteiger partial charge in [-0.05, 0) is 31.4 Å². The number of esters is 1. The van der Waals surface area contributed by atoms with E-state index in [-0.39, 0.29) is 31.0 Å². The summed E-state index contributed by atoms with van der Waals surface area (Å²) in [4.78, 5) is 25.4. The molecule has 3 aromatic rings. The lowest BCUT2D eigenvalue weighted by Crippen LogP contribution is -2.51. The second-order valence-corrected chi connectivity index (χ2v) is 9.66. The van der Waals surface area contributed by atoms with Gasteiger partial charge < -0.3 is 25.1 Å². The van der Waals surface area contributed by atoms with Crippen molar-refractivity contribution < 1.29 is 19.1 Å². The van der Waals surface area contributed by atoms with Crippen molar-refractivity contribution in [3.05, 3.63) is 83.4 Å². The molecule has 0 bridgehead atoms. The molecule has 0 saturated heterocycles. The van der Waals surface area contributed by atoms with Gasteiger partial charge in [0.15, 0.2) is 5.82 Å². The molecule has 0 spiro atoms. The summed E-state index contributed by atoms with van der Waals surface area (Å²) in [5.74, 6) is 0.435. The molecule has 9 nitrogen and oxygen atoms in total. The molecule has 1 amide bonds. The van der Waals surface area contributed by atoms with Gasteiger partial charge in [0.2, 0.25) is 5.91 Å². The molecule has 1 unspecified atom stereocenters. The number of carbonyl (C=O) groups is 2. The average molecular weight is 492 g/mol. The molecular weight excluding hydrogens is 458 g/mol. The van der Waals surface area contributed by atoms with E-state index in [1.54, 1.807) is 13.8 Å². The van der Waals surface area contributed by atoms with E-state index >= 15 is 0 Å². The van der Waals surface area contributed by atoms with Gasteiger partial charge >= 0.3 is 5.97 Å². The number of nitrogens with two attached hydrogens (primary N) is 1. The zero-order chi connectivity index (χ0) is 25.5. The van der Waals surface area contributed by atoms with Gasteiger partial charge in [0.25, 0.3) is 0 Å². The number of carbonyl (C=O) groups excluding carboxylic acids is 2. The van der Waals surface area contributed by atoms with Crippen LogP contribution in [0.2, 0.25) is 0 Å². The molecule has 190 valence electrons. The van der Waals surface area contributed by atoms with Crippen molar-refractivity contribution in [1.82, 2.24) is 20.1 Å². The third-order valence-corrected chi connectivity index (χ3v) is 6.14. The zero-order valence-electron chi connectivity index (χ0n) is 20.7. The summed E-state index contributed by atoms with van der Waals surface area (Å²) in [6, 6.07) is 18.9. The molecule has 2 heterocycles. The van der Waals surface area contributed by atoms with Crippen molar-refractivity contribution >= 4 is 11.9 Å².